The van der Waals surface area contributed by atoms with E-state index in [0.717, 1.165) is 17.4 Å². The van der Waals surface area contributed by atoms with Crippen LogP contribution in [0, 0.1) is 13.8 Å². The number of nitrogens with zero attached hydrogens (tertiary/aromatic N) is 1. The summed E-state index contributed by atoms with van der Waals surface area (Å²) >= 11 is 0. The highest BCUT2D eigenvalue weighted by Crippen LogP contribution is 2.36. The summed E-state index contributed by atoms with van der Waals surface area (Å²) in [6.07, 6.45) is 0.0346. The number of esters is 1. The number of aryl methyl sites for hydroxylation is 2. The van der Waals surface area contributed by atoms with Crippen LogP contribution < -0.4 is 14.4 Å². The van der Waals surface area contributed by atoms with Gasteiger partial charge >= 0.3 is 5.97 Å². The van der Waals surface area contributed by atoms with E-state index in [1.54, 1.807) is 44.2 Å². The molecule has 1 aliphatic rings. The zero-order chi connectivity index (χ0) is 22.1. The van der Waals surface area contributed by atoms with Gasteiger partial charge in [-0.1, -0.05) is 12.1 Å². The van der Waals surface area contributed by atoms with Crippen molar-refractivity contribution in [2.24, 2.45) is 0 Å². The van der Waals surface area contributed by atoms with Crippen molar-refractivity contribution in [1.29, 1.82) is 0 Å². The van der Waals surface area contributed by atoms with E-state index in [-0.39, 0.29) is 13.2 Å². The summed E-state index contributed by atoms with van der Waals surface area (Å²) in [5.41, 5.74) is 2.75. The first-order chi connectivity index (χ1) is 14.1. The number of ether oxygens (including phenoxy) is 2. The Balaban J connectivity index is 1.87. The maximum atomic E-state index is 12.9. The van der Waals surface area contributed by atoms with Crippen LogP contribution >= 0.6 is 0 Å². The normalized spacial score (nSPS) is 15.7. The van der Waals surface area contributed by atoms with Crippen molar-refractivity contribution in [3.63, 3.8) is 0 Å². The predicted octanol–water partition coefficient (Wildman–Crippen LogP) is 2.65. The molecule has 1 aliphatic heterocycles. The molecule has 0 aliphatic carbocycles. The van der Waals surface area contributed by atoms with Gasteiger partial charge in [-0.15, -0.1) is 0 Å². The highest BCUT2D eigenvalue weighted by atomic mass is 32.2. The Morgan fingerprint density at radius 3 is 2.60 bits per heavy atom. The quantitative estimate of drug-likeness (QED) is 0.729. The van der Waals surface area contributed by atoms with Crippen LogP contribution in [-0.4, -0.2) is 45.8 Å². The summed E-state index contributed by atoms with van der Waals surface area (Å²) in [5, 5.41) is 2.74. The van der Waals surface area contributed by atoms with Crippen molar-refractivity contribution in [3.05, 3.63) is 53.1 Å². The van der Waals surface area contributed by atoms with Gasteiger partial charge in [-0.3, -0.25) is 9.10 Å². The molecule has 1 N–H and O–H groups in total. The van der Waals surface area contributed by atoms with E-state index < -0.39 is 28.0 Å². The van der Waals surface area contributed by atoms with Crippen molar-refractivity contribution in [3.8, 4) is 5.75 Å². The highest BCUT2D eigenvalue weighted by Gasteiger charge is 2.35. The second-order valence-corrected chi connectivity index (χ2v) is 9.02. The number of hydrogen-bond donors (Lipinski definition) is 1. The molecule has 0 bridgehead atoms. The standard InChI is InChI=1S/C21H24N2O6S/c1-5-28-21(25)15-8-7-14(3)16(11-15)22-20(24)19-12-23(30(4,26)27)17-10-13(2)6-9-18(17)29-19/h6-11,19H,5,12H2,1-4H3,(H,22,24). The zero-order valence-corrected chi connectivity index (χ0v) is 18.1. The van der Waals surface area contributed by atoms with Crippen LogP contribution in [-0.2, 0) is 19.6 Å². The molecular weight excluding hydrogens is 408 g/mol. The number of hydrogen-bond acceptors (Lipinski definition) is 6. The van der Waals surface area contributed by atoms with Crippen LogP contribution in [0.2, 0.25) is 0 Å². The molecule has 0 saturated carbocycles. The van der Waals surface area contributed by atoms with E-state index in [4.69, 9.17) is 9.47 Å². The number of fused-ring (bicyclic) bond motifs is 1. The van der Waals surface area contributed by atoms with Gasteiger partial charge in [-0.25, -0.2) is 13.2 Å². The molecular formula is C21H24N2O6S. The number of anilines is 2. The molecule has 1 amide bonds. The molecule has 0 fully saturated rings. The first-order valence-corrected chi connectivity index (χ1v) is 11.3. The second-order valence-electron chi connectivity index (χ2n) is 7.11. The van der Waals surface area contributed by atoms with E-state index in [0.29, 0.717) is 22.7 Å². The van der Waals surface area contributed by atoms with Crippen molar-refractivity contribution < 1.29 is 27.5 Å². The van der Waals surface area contributed by atoms with Gasteiger partial charge in [0.05, 0.1) is 30.7 Å². The van der Waals surface area contributed by atoms with Crippen LogP contribution in [0.1, 0.15) is 28.4 Å². The van der Waals surface area contributed by atoms with Crippen molar-refractivity contribution in [2.75, 3.05) is 29.0 Å². The number of benzene rings is 2. The number of rotatable bonds is 5. The molecule has 2 aromatic rings. The number of carbonyl (C=O) groups excluding carboxylic acids is 2. The molecule has 0 saturated heterocycles. The van der Waals surface area contributed by atoms with Crippen LogP contribution in [0.25, 0.3) is 0 Å². The minimum Gasteiger partial charge on any atom is -0.476 e. The van der Waals surface area contributed by atoms with Crippen LogP contribution in [0.15, 0.2) is 36.4 Å². The van der Waals surface area contributed by atoms with E-state index >= 15 is 0 Å². The highest BCUT2D eigenvalue weighted by molar-refractivity contribution is 7.92. The third-order valence-electron chi connectivity index (χ3n) is 4.68. The van der Waals surface area contributed by atoms with Gasteiger partial charge in [0.2, 0.25) is 10.0 Å². The summed E-state index contributed by atoms with van der Waals surface area (Å²) in [4.78, 5) is 24.9. The topological polar surface area (TPSA) is 102 Å². The van der Waals surface area contributed by atoms with Crippen molar-refractivity contribution >= 4 is 33.3 Å². The number of carbonyl (C=O) groups is 2. The fraction of sp³-hybridized carbons (Fsp3) is 0.333. The zero-order valence-electron chi connectivity index (χ0n) is 17.3. The molecule has 30 heavy (non-hydrogen) atoms. The SMILES string of the molecule is CCOC(=O)c1ccc(C)c(NC(=O)C2CN(S(C)(=O)=O)c3cc(C)ccc3O2)c1. The Bertz CT molecular complexity index is 1100. The predicted molar refractivity (Wildman–Crippen MR) is 114 cm³/mol. The number of sulfonamides is 1. The third-order valence-corrected chi connectivity index (χ3v) is 5.83. The fourth-order valence-corrected chi connectivity index (χ4v) is 4.03. The van der Waals surface area contributed by atoms with Gasteiger partial charge in [-0.05, 0) is 56.2 Å². The molecule has 3 rings (SSSR count). The average Bonchev–Trinajstić information content (AvgIpc) is 2.68. The Labute approximate surface area is 175 Å². The van der Waals surface area contributed by atoms with Gasteiger partial charge < -0.3 is 14.8 Å². The van der Waals surface area contributed by atoms with E-state index in [9.17, 15) is 18.0 Å². The minimum absolute atomic E-state index is 0.155. The minimum atomic E-state index is -3.62. The molecule has 1 atom stereocenters. The van der Waals surface area contributed by atoms with Gasteiger partial charge in [0, 0.05) is 5.69 Å². The summed E-state index contributed by atoms with van der Waals surface area (Å²) in [5.74, 6) is -0.692. The summed E-state index contributed by atoms with van der Waals surface area (Å²) in [7, 11) is -3.62. The number of nitrogens with one attached hydrogen (secondary N) is 1. The lowest BCUT2D eigenvalue weighted by Gasteiger charge is -2.34. The molecule has 160 valence electrons. The first-order valence-electron chi connectivity index (χ1n) is 9.43. The van der Waals surface area contributed by atoms with Crippen LogP contribution in [0.5, 0.6) is 5.75 Å². The van der Waals surface area contributed by atoms with Crippen molar-refractivity contribution in [1.82, 2.24) is 0 Å². The average molecular weight is 432 g/mol. The Kier molecular flexibility index (Phi) is 6.02. The Morgan fingerprint density at radius 2 is 1.93 bits per heavy atom. The molecule has 0 spiro atoms. The third kappa shape index (κ3) is 4.56. The van der Waals surface area contributed by atoms with Gasteiger partial charge in [0.1, 0.15) is 5.75 Å². The summed E-state index contributed by atoms with van der Waals surface area (Å²) in [6.45, 7) is 5.43. The largest absolute Gasteiger partial charge is 0.476 e. The smallest absolute Gasteiger partial charge is 0.338 e. The summed E-state index contributed by atoms with van der Waals surface area (Å²) in [6, 6.07) is 9.98. The lowest BCUT2D eigenvalue weighted by Crippen LogP contribution is -2.48. The van der Waals surface area contributed by atoms with Gasteiger partial charge in [0.25, 0.3) is 5.91 Å². The van der Waals surface area contributed by atoms with E-state index in [1.807, 2.05) is 6.92 Å². The monoisotopic (exact) mass is 432 g/mol. The van der Waals surface area contributed by atoms with Crippen LogP contribution in [0.3, 0.4) is 0 Å². The molecule has 2 aromatic carbocycles. The fourth-order valence-electron chi connectivity index (χ4n) is 3.12. The van der Waals surface area contributed by atoms with Gasteiger partial charge in [-0.2, -0.15) is 0 Å². The molecule has 1 unspecified atom stereocenters. The molecule has 1 heterocycles. The number of amides is 1. The van der Waals surface area contributed by atoms with E-state index in [2.05, 4.69) is 5.32 Å². The lowest BCUT2D eigenvalue weighted by molar-refractivity contribution is -0.122. The summed E-state index contributed by atoms with van der Waals surface area (Å²) < 4.78 is 36.6. The van der Waals surface area contributed by atoms with Gasteiger partial charge in [0.15, 0.2) is 6.10 Å². The maximum absolute atomic E-state index is 12.9. The maximum Gasteiger partial charge on any atom is 0.338 e. The Hall–Kier alpha value is -3.07. The van der Waals surface area contributed by atoms with Crippen molar-refractivity contribution in [2.45, 2.75) is 26.9 Å². The second kappa shape index (κ2) is 8.35. The lowest BCUT2D eigenvalue weighted by atomic mass is 10.1. The Morgan fingerprint density at radius 1 is 1.20 bits per heavy atom. The van der Waals surface area contributed by atoms with Crippen LogP contribution in [0.4, 0.5) is 11.4 Å². The molecule has 8 nitrogen and oxygen atoms in total. The molecule has 0 aromatic heterocycles. The first kappa shape index (κ1) is 21.6. The molecule has 9 heteroatoms. The van der Waals surface area contributed by atoms with E-state index in [1.165, 1.54) is 10.4 Å². The molecule has 0 radical (unpaired) electrons.